The van der Waals surface area contributed by atoms with E-state index in [1.165, 1.54) is 0 Å². The van der Waals surface area contributed by atoms with Gasteiger partial charge in [-0.25, -0.2) is 16.8 Å². The van der Waals surface area contributed by atoms with Crippen molar-refractivity contribution in [2.45, 2.75) is 9.79 Å². The van der Waals surface area contributed by atoms with Crippen LogP contribution in [-0.4, -0.2) is 58.3 Å². The molecule has 2 heterocycles. The first-order chi connectivity index (χ1) is 20.6. The first kappa shape index (κ1) is 41.2. The number of carbonyl (C=O) groups excluding carboxylic acids is 2. The van der Waals surface area contributed by atoms with Crippen molar-refractivity contribution in [1.82, 2.24) is 20.4 Å². The van der Waals surface area contributed by atoms with Crippen LogP contribution in [0.2, 0.25) is 0 Å². The number of nitrogens with zero attached hydrogens (tertiary/aromatic N) is 6. The van der Waals surface area contributed by atoms with Gasteiger partial charge in [-0.2, -0.15) is 20.4 Å². The molecule has 0 saturated carbocycles. The maximum atomic E-state index is 11.9. The number of aromatic amines is 2. The molecule has 2 N–H and O–H groups in total. The van der Waals surface area contributed by atoms with Crippen LogP contribution in [0, 0.1) is 0 Å². The summed E-state index contributed by atoms with van der Waals surface area (Å²) in [7, 11) is -10.4. The fourth-order valence-corrected chi connectivity index (χ4v) is 4.76. The topological polar surface area (TPSA) is 348 Å². The van der Waals surface area contributed by atoms with Gasteiger partial charge >= 0.3 is 63.7 Å². The minimum absolute atomic E-state index is 0. The SMILES string of the molecule is O=C([O-])c1n[nH]c([O-])c1N=Nc1ccc(/C=C/c2ccc(N=Nc3c(C(=O)[O-])n[nH]c3[O-])cc2S(=O)(=O)[O-])c(S(=O)(=O)[O-])c1.[Cu+2].[Cu+2].[Na+]. The predicted octanol–water partition coefficient (Wildman–Crippen LogP) is -4.18. The number of aromatic nitrogens is 4. The number of hydrogen-bond donors (Lipinski definition) is 2. The Labute approximate surface area is 305 Å². The van der Waals surface area contributed by atoms with Gasteiger partial charge in [-0.05, 0) is 35.4 Å². The number of carboxylic acids is 2. The smallest absolute Gasteiger partial charge is 0.857 e. The molecule has 0 aliphatic carbocycles. The van der Waals surface area contributed by atoms with Crippen LogP contribution in [0.4, 0.5) is 22.7 Å². The summed E-state index contributed by atoms with van der Waals surface area (Å²) < 4.78 is 71.6. The van der Waals surface area contributed by atoms with E-state index in [9.17, 15) is 56.0 Å². The third kappa shape index (κ3) is 9.85. The molecule has 2 radical (unpaired) electrons. The number of azo groups is 2. The molecule has 20 nitrogen and oxygen atoms in total. The van der Waals surface area contributed by atoms with E-state index in [0.717, 1.165) is 48.6 Å². The second-order valence-corrected chi connectivity index (χ2v) is 10.9. The van der Waals surface area contributed by atoms with Gasteiger partial charge in [0.25, 0.3) is 0 Å². The number of H-pyrrole nitrogens is 2. The van der Waals surface area contributed by atoms with Crippen molar-refractivity contribution >= 4 is 67.1 Å². The van der Waals surface area contributed by atoms with Crippen molar-refractivity contribution in [2.75, 3.05) is 0 Å². The summed E-state index contributed by atoms with van der Waals surface area (Å²) in [4.78, 5) is 20.3. The Morgan fingerprint density at radius 3 is 1.30 bits per heavy atom. The maximum Gasteiger partial charge on any atom is 2.00 e. The van der Waals surface area contributed by atoms with Crippen LogP contribution < -0.4 is 50.0 Å². The molecule has 47 heavy (non-hydrogen) atoms. The summed E-state index contributed by atoms with van der Waals surface area (Å²) in [6.07, 6.45) is 1.94. The monoisotopic (exact) mass is 791 g/mol. The Morgan fingerprint density at radius 2 is 1.00 bits per heavy atom. The zero-order valence-electron chi connectivity index (χ0n) is 22.6. The van der Waals surface area contributed by atoms with Gasteiger partial charge < -0.3 is 39.1 Å². The zero-order valence-corrected chi connectivity index (χ0v) is 28.1. The van der Waals surface area contributed by atoms with Crippen LogP contribution >= 0.6 is 0 Å². The van der Waals surface area contributed by atoms with Crippen molar-refractivity contribution in [2.24, 2.45) is 20.5 Å². The second kappa shape index (κ2) is 16.3. The molecule has 4 aromatic rings. The summed E-state index contributed by atoms with van der Waals surface area (Å²) >= 11 is 0. The van der Waals surface area contributed by atoms with Crippen LogP contribution in [0.3, 0.4) is 0 Å². The predicted molar refractivity (Wildman–Crippen MR) is 131 cm³/mol. The Hall–Kier alpha value is -3.80. The van der Waals surface area contributed by atoms with E-state index in [0.29, 0.717) is 0 Å². The fraction of sp³-hybridized carbons (Fsp3) is 0. The average molecular weight is 793 g/mol. The van der Waals surface area contributed by atoms with E-state index < -0.39 is 76.5 Å². The van der Waals surface area contributed by atoms with Gasteiger partial charge in [-0.1, -0.05) is 24.3 Å². The second-order valence-electron chi connectivity index (χ2n) is 8.16. The molecule has 0 aliphatic rings. The van der Waals surface area contributed by atoms with Crippen LogP contribution in [0.25, 0.3) is 12.2 Å². The molecule has 4 rings (SSSR count). The molecular weight excluding hydrogens is 783 g/mol. The summed E-state index contributed by atoms with van der Waals surface area (Å²) in [5.74, 6) is -5.79. The Morgan fingerprint density at radius 1 is 0.660 bits per heavy atom. The molecule has 0 unspecified atom stereocenters. The molecule has 2 aromatic carbocycles. The number of benzene rings is 2. The summed E-state index contributed by atoms with van der Waals surface area (Å²) in [6, 6.07) is 5.75. The largest absolute Gasteiger partial charge is 2.00 e. The van der Waals surface area contributed by atoms with E-state index in [-0.39, 0.29) is 86.2 Å². The number of carboxylic acid groups (broad SMARTS) is 2. The minimum atomic E-state index is -5.22. The third-order valence-electron chi connectivity index (χ3n) is 5.31. The molecule has 2 aromatic heterocycles. The number of rotatable bonds is 10. The van der Waals surface area contributed by atoms with E-state index in [2.05, 4.69) is 30.7 Å². The van der Waals surface area contributed by atoms with Crippen molar-refractivity contribution in [1.29, 1.82) is 0 Å². The minimum Gasteiger partial charge on any atom is -0.857 e. The molecule has 0 saturated heterocycles. The summed E-state index contributed by atoms with van der Waals surface area (Å²) in [5, 5.41) is 69.4. The van der Waals surface area contributed by atoms with E-state index in [4.69, 9.17) is 0 Å². The van der Waals surface area contributed by atoms with Crippen molar-refractivity contribution < 1.29 is 120 Å². The normalized spacial score (nSPS) is 11.7. The molecule has 0 atom stereocenters. The van der Waals surface area contributed by atoms with Gasteiger partial charge in [0.2, 0.25) is 0 Å². The van der Waals surface area contributed by atoms with Gasteiger partial charge in [0.1, 0.15) is 43.0 Å². The molecule has 246 valence electrons. The van der Waals surface area contributed by atoms with Crippen LogP contribution in [-0.2, 0) is 54.4 Å². The molecule has 0 spiro atoms. The zero-order chi connectivity index (χ0) is 32.4. The van der Waals surface area contributed by atoms with Gasteiger partial charge in [0, 0.05) is 11.8 Å². The molecule has 25 heteroatoms. The van der Waals surface area contributed by atoms with E-state index in [1.54, 1.807) is 0 Å². The summed E-state index contributed by atoms with van der Waals surface area (Å²) in [6.45, 7) is 0. The Balaban J connectivity index is 0.00000368. The number of hydrogen-bond acceptors (Lipinski definition) is 18. The summed E-state index contributed by atoms with van der Waals surface area (Å²) in [5.41, 5.74) is -4.51. The van der Waals surface area contributed by atoms with Gasteiger partial charge in [0.05, 0.1) is 33.1 Å². The first-order valence-electron chi connectivity index (χ1n) is 11.2. The van der Waals surface area contributed by atoms with E-state index in [1.807, 2.05) is 10.2 Å². The van der Waals surface area contributed by atoms with Crippen LogP contribution in [0.15, 0.2) is 66.6 Å². The average Bonchev–Trinajstić information content (AvgIpc) is 3.50. The van der Waals surface area contributed by atoms with Gasteiger partial charge in [0.15, 0.2) is 0 Å². The first-order valence-corrected chi connectivity index (χ1v) is 14.0. The maximum absolute atomic E-state index is 11.9. The molecule has 0 fully saturated rings. The Bertz CT molecular complexity index is 1980. The standard InChI is InChI=1S/C22H16N8O12S2.2Cu.Na/c31-19-15(17(21(33)34)27-29-19)25-23-11-5-3-9(13(7-11)43(37,38)39)1-2-10-4-6-12(8-14(10)44(40,41)42)24-26-16-18(22(35)36)28-30-20(16)32;;;/h1-8H,(H,33,34)(H,35,36)(H2,27,29,31)(H2,28,30,32)(H,37,38,39)(H,40,41,42);;;/q;2*+2;+1/p-6/b2-1+,25-23?,26-24?;;;. The molecule has 0 aliphatic heterocycles. The molecular formula is C22H10Cu2N8NaO12S2-. The van der Waals surface area contributed by atoms with Crippen LogP contribution in [0.5, 0.6) is 11.8 Å². The van der Waals surface area contributed by atoms with Crippen molar-refractivity contribution in [3.63, 3.8) is 0 Å². The van der Waals surface area contributed by atoms with Crippen molar-refractivity contribution in [3.05, 3.63) is 58.9 Å². The van der Waals surface area contributed by atoms with Gasteiger partial charge in [-0.15, -0.1) is 10.2 Å². The third-order valence-corrected chi connectivity index (χ3v) is 7.09. The fourth-order valence-electron chi connectivity index (χ4n) is 3.38. The number of aromatic carboxylic acids is 2. The molecule has 0 amide bonds. The Kier molecular flexibility index (Phi) is 14.3. The molecule has 0 bridgehead atoms. The van der Waals surface area contributed by atoms with Crippen molar-refractivity contribution in [3.8, 4) is 11.8 Å². The quantitative estimate of drug-likeness (QED) is 0.0666. The van der Waals surface area contributed by atoms with Crippen LogP contribution in [0.1, 0.15) is 32.1 Å². The number of nitrogens with one attached hydrogen (secondary N) is 2. The van der Waals surface area contributed by atoms with Gasteiger partial charge in [-0.3, -0.25) is 10.2 Å². The van der Waals surface area contributed by atoms with E-state index >= 15 is 0 Å². The number of carbonyl (C=O) groups is 2.